The topological polar surface area (TPSA) is 51.1 Å². The minimum absolute atomic E-state index is 0.235. The van der Waals surface area contributed by atoms with Crippen LogP contribution in [-0.2, 0) is 22.6 Å². The number of carbonyl (C=O) groups excluding carboxylic acids is 1. The SMILES string of the molecule is COC(=O)Cc1ccc2c(c1)/C(=N\CCCN(C)C)c1ccccc1CO2. The molecule has 142 valence electrons. The lowest BCUT2D eigenvalue weighted by Gasteiger charge is -2.12. The monoisotopic (exact) mass is 366 g/mol. The zero-order valence-corrected chi connectivity index (χ0v) is 16.2. The van der Waals surface area contributed by atoms with Crippen molar-refractivity contribution in [1.82, 2.24) is 4.90 Å². The van der Waals surface area contributed by atoms with Crippen molar-refractivity contribution < 1.29 is 14.3 Å². The Morgan fingerprint density at radius 2 is 2.00 bits per heavy atom. The lowest BCUT2D eigenvalue weighted by molar-refractivity contribution is -0.139. The molecule has 0 atom stereocenters. The van der Waals surface area contributed by atoms with E-state index in [1.54, 1.807) is 0 Å². The molecule has 0 aromatic heterocycles. The van der Waals surface area contributed by atoms with Gasteiger partial charge in [-0.25, -0.2) is 0 Å². The number of rotatable bonds is 6. The molecule has 5 nitrogen and oxygen atoms in total. The van der Waals surface area contributed by atoms with Crippen LogP contribution < -0.4 is 4.74 Å². The summed E-state index contributed by atoms with van der Waals surface area (Å²) >= 11 is 0. The van der Waals surface area contributed by atoms with Gasteiger partial charge >= 0.3 is 5.97 Å². The molecule has 0 amide bonds. The summed E-state index contributed by atoms with van der Waals surface area (Å²) in [5.41, 5.74) is 4.98. The third kappa shape index (κ3) is 4.74. The van der Waals surface area contributed by atoms with Gasteiger partial charge in [-0.3, -0.25) is 9.79 Å². The summed E-state index contributed by atoms with van der Waals surface area (Å²) in [4.78, 5) is 18.8. The fourth-order valence-electron chi connectivity index (χ4n) is 3.16. The number of benzene rings is 2. The van der Waals surface area contributed by atoms with Gasteiger partial charge in [-0.1, -0.05) is 30.3 Å². The molecule has 0 fully saturated rings. The Labute approximate surface area is 160 Å². The quantitative estimate of drug-likeness (QED) is 0.582. The average Bonchev–Trinajstić information content (AvgIpc) is 2.82. The number of ether oxygens (including phenoxy) is 2. The molecule has 1 aliphatic heterocycles. The molecule has 0 bridgehead atoms. The standard InChI is InChI=1S/C22H26N2O3/c1-24(2)12-6-11-23-22-18-8-5-4-7-17(18)15-27-20-10-9-16(13-19(20)22)14-21(25)26-3/h4-5,7-10,13H,6,11-12,14-15H2,1-3H3/b23-22-. The van der Waals surface area contributed by atoms with E-state index in [0.717, 1.165) is 53.2 Å². The highest BCUT2D eigenvalue weighted by atomic mass is 16.5. The first kappa shape index (κ1) is 19.1. The maximum atomic E-state index is 11.7. The lowest BCUT2D eigenvalue weighted by atomic mass is 9.96. The smallest absolute Gasteiger partial charge is 0.309 e. The van der Waals surface area contributed by atoms with Gasteiger partial charge in [0.2, 0.25) is 0 Å². The Balaban J connectivity index is 1.99. The zero-order valence-electron chi connectivity index (χ0n) is 16.2. The zero-order chi connectivity index (χ0) is 19.2. The van der Waals surface area contributed by atoms with Crippen LogP contribution in [0.25, 0.3) is 0 Å². The Morgan fingerprint density at radius 1 is 1.19 bits per heavy atom. The molecule has 0 spiro atoms. The predicted molar refractivity (Wildman–Crippen MR) is 107 cm³/mol. The number of fused-ring (bicyclic) bond motifs is 2. The van der Waals surface area contributed by atoms with E-state index >= 15 is 0 Å². The van der Waals surface area contributed by atoms with E-state index in [0.29, 0.717) is 6.61 Å². The van der Waals surface area contributed by atoms with Crippen molar-refractivity contribution in [2.75, 3.05) is 34.3 Å². The molecule has 0 unspecified atom stereocenters. The fraction of sp³-hybridized carbons (Fsp3) is 0.364. The molecule has 3 rings (SSSR count). The fourth-order valence-corrected chi connectivity index (χ4v) is 3.16. The molecule has 0 aliphatic carbocycles. The first-order valence-electron chi connectivity index (χ1n) is 9.19. The minimum Gasteiger partial charge on any atom is -0.488 e. The van der Waals surface area contributed by atoms with E-state index in [1.165, 1.54) is 7.11 Å². The Morgan fingerprint density at radius 3 is 2.78 bits per heavy atom. The van der Waals surface area contributed by atoms with Gasteiger partial charge < -0.3 is 14.4 Å². The van der Waals surface area contributed by atoms with E-state index in [4.69, 9.17) is 14.5 Å². The number of esters is 1. The van der Waals surface area contributed by atoms with Crippen LogP contribution in [0.2, 0.25) is 0 Å². The number of nitrogens with zero attached hydrogens (tertiary/aromatic N) is 2. The molecular weight excluding hydrogens is 340 g/mol. The van der Waals surface area contributed by atoms with Crippen LogP contribution >= 0.6 is 0 Å². The molecule has 2 aromatic rings. The summed E-state index contributed by atoms with van der Waals surface area (Å²) in [5, 5.41) is 0. The maximum Gasteiger partial charge on any atom is 0.309 e. The van der Waals surface area contributed by atoms with Gasteiger partial charge in [-0.05, 0) is 50.3 Å². The first-order valence-corrected chi connectivity index (χ1v) is 9.19. The van der Waals surface area contributed by atoms with Gasteiger partial charge in [0, 0.05) is 17.7 Å². The Kier molecular flexibility index (Phi) is 6.24. The summed E-state index contributed by atoms with van der Waals surface area (Å²) in [6.45, 7) is 2.24. The van der Waals surface area contributed by atoms with Crippen molar-refractivity contribution in [2.45, 2.75) is 19.4 Å². The van der Waals surface area contributed by atoms with E-state index < -0.39 is 0 Å². The second kappa shape index (κ2) is 8.82. The number of hydrogen-bond donors (Lipinski definition) is 0. The Bertz CT molecular complexity index is 843. The van der Waals surface area contributed by atoms with Crippen LogP contribution in [0.5, 0.6) is 5.75 Å². The summed E-state index contributed by atoms with van der Waals surface area (Å²) in [6.07, 6.45) is 1.22. The van der Waals surface area contributed by atoms with Crippen LogP contribution in [0.4, 0.5) is 0 Å². The van der Waals surface area contributed by atoms with E-state index in [9.17, 15) is 4.79 Å². The van der Waals surface area contributed by atoms with Gasteiger partial charge in [-0.2, -0.15) is 0 Å². The van der Waals surface area contributed by atoms with Crippen LogP contribution in [-0.4, -0.2) is 50.9 Å². The number of aliphatic imine (C=N–C) groups is 1. The largest absolute Gasteiger partial charge is 0.488 e. The van der Waals surface area contributed by atoms with Crippen molar-refractivity contribution >= 4 is 11.7 Å². The summed E-state index contributed by atoms with van der Waals surface area (Å²) in [5.74, 6) is 0.542. The molecule has 27 heavy (non-hydrogen) atoms. The van der Waals surface area contributed by atoms with Crippen LogP contribution in [0.15, 0.2) is 47.5 Å². The third-order valence-corrected chi connectivity index (χ3v) is 4.56. The normalized spacial score (nSPS) is 14.3. The lowest BCUT2D eigenvalue weighted by Crippen LogP contribution is -2.14. The highest BCUT2D eigenvalue weighted by Crippen LogP contribution is 2.30. The van der Waals surface area contributed by atoms with E-state index in [-0.39, 0.29) is 12.4 Å². The van der Waals surface area contributed by atoms with Crippen molar-refractivity contribution in [1.29, 1.82) is 0 Å². The van der Waals surface area contributed by atoms with Crippen LogP contribution in [0.3, 0.4) is 0 Å². The van der Waals surface area contributed by atoms with E-state index in [2.05, 4.69) is 31.1 Å². The molecule has 5 heteroatoms. The highest BCUT2D eigenvalue weighted by molar-refractivity contribution is 6.15. The molecule has 1 heterocycles. The van der Waals surface area contributed by atoms with Crippen molar-refractivity contribution in [3.05, 3.63) is 64.7 Å². The minimum atomic E-state index is -0.255. The second-order valence-corrected chi connectivity index (χ2v) is 6.92. The number of carbonyl (C=O) groups is 1. The van der Waals surface area contributed by atoms with Crippen molar-refractivity contribution in [2.24, 2.45) is 4.99 Å². The van der Waals surface area contributed by atoms with Crippen molar-refractivity contribution in [3.8, 4) is 5.75 Å². The summed E-state index contributed by atoms with van der Waals surface area (Å²) < 4.78 is 10.8. The molecular formula is C22H26N2O3. The third-order valence-electron chi connectivity index (χ3n) is 4.56. The van der Waals surface area contributed by atoms with E-state index in [1.807, 2.05) is 30.3 Å². The van der Waals surface area contributed by atoms with Crippen LogP contribution in [0.1, 0.15) is 28.7 Å². The Hall–Kier alpha value is -2.66. The molecule has 2 aromatic carbocycles. The van der Waals surface area contributed by atoms with Crippen molar-refractivity contribution in [3.63, 3.8) is 0 Å². The van der Waals surface area contributed by atoms with Gasteiger partial charge in [-0.15, -0.1) is 0 Å². The average molecular weight is 366 g/mol. The molecule has 0 saturated carbocycles. The molecule has 1 aliphatic rings. The summed E-state index contributed by atoms with van der Waals surface area (Å²) in [7, 11) is 5.54. The number of hydrogen-bond acceptors (Lipinski definition) is 5. The predicted octanol–water partition coefficient (Wildman–Crippen LogP) is 3.08. The maximum absolute atomic E-state index is 11.7. The van der Waals surface area contributed by atoms with Gasteiger partial charge in [0.25, 0.3) is 0 Å². The first-order chi connectivity index (χ1) is 13.1. The molecule has 0 saturated heterocycles. The summed E-state index contributed by atoms with van der Waals surface area (Å²) in [6, 6.07) is 14.0. The highest BCUT2D eigenvalue weighted by Gasteiger charge is 2.21. The van der Waals surface area contributed by atoms with Gasteiger partial charge in [0.05, 0.1) is 19.2 Å². The van der Waals surface area contributed by atoms with Crippen LogP contribution in [0, 0.1) is 0 Å². The molecule has 0 N–H and O–H groups in total. The van der Waals surface area contributed by atoms with Gasteiger partial charge in [0.1, 0.15) is 12.4 Å². The molecule has 0 radical (unpaired) electrons. The second-order valence-electron chi connectivity index (χ2n) is 6.92. The van der Waals surface area contributed by atoms with Gasteiger partial charge in [0.15, 0.2) is 0 Å². The number of methoxy groups -OCH3 is 1.